The first-order valence-corrected chi connectivity index (χ1v) is 6.69. The van der Waals surface area contributed by atoms with Crippen molar-refractivity contribution < 1.29 is 13.9 Å². The number of carbonyl (C=O) groups excluding carboxylic acids is 1. The third-order valence-electron chi connectivity index (χ3n) is 3.04. The van der Waals surface area contributed by atoms with Crippen LogP contribution in [0.5, 0.6) is 5.75 Å². The van der Waals surface area contributed by atoms with Crippen molar-refractivity contribution in [2.45, 2.75) is 26.4 Å². The molecule has 0 saturated carbocycles. The van der Waals surface area contributed by atoms with Gasteiger partial charge in [-0.05, 0) is 57.2 Å². The number of anilines is 1. The quantitative estimate of drug-likeness (QED) is 0.925. The SMILES string of the molecule is Cc1ccc(NC(=O)C(C)(C)Oc2ccc(F)cc2)cc1. The van der Waals surface area contributed by atoms with Gasteiger partial charge >= 0.3 is 0 Å². The molecule has 2 aromatic carbocycles. The highest BCUT2D eigenvalue weighted by molar-refractivity contribution is 5.96. The zero-order valence-corrected chi connectivity index (χ0v) is 12.3. The lowest BCUT2D eigenvalue weighted by Crippen LogP contribution is -2.42. The van der Waals surface area contributed by atoms with Crippen LogP contribution in [-0.4, -0.2) is 11.5 Å². The van der Waals surface area contributed by atoms with Crippen LogP contribution in [0.2, 0.25) is 0 Å². The summed E-state index contributed by atoms with van der Waals surface area (Å²) in [4.78, 5) is 12.3. The molecule has 2 rings (SSSR count). The van der Waals surface area contributed by atoms with E-state index in [2.05, 4.69) is 5.32 Å². The van der Waals surface area contributed by atoms with Gasteiger partial charge in [-0.15, -0.1) is 0 Å². The van der Waals surface area contributed by atoms with Crippen LogP contribution >= 0.6 is 0 Å². The molecule has 110 valence electrons. The van der Waals surface area contributed by atoms with Gasteiger partial charge in [-0.25, -0.2) is 4.39 Å². The second-order valence-corrected chi connectivity index (χ2v) is 5.39. The van der Waals surface area contributed by atoms with Gasteiger partial charge in [0.15, 0.2) is 5.60 Å². The molecule has 0 atom stereocenters. The van der Waals surface area contributed by atoms with Crippen molar-refractivity contribution in [3.8, 4) is 5.75 Å². The Balaban J connectivity index is 2.05. The Morgan fingerprint density at radius 2 is 1.62 bits per heavy atom. The number of amides is 1. The van der Waals surface area contributed by atoms with Crippen molar-refractivity contribution in [3.63, 3.8) is 0 Å². The summed E-state index contributed by atoms with van der Waals surface area (Å²) in [5.74, 6) is -0.166. The third-order valence-corrected chi connectivity index (χ3v) is 3.04. The normalized spacial score (nSPS) is 11.0. The molecule has 1 N–H and O–H groups in total. The van der Waals surface area contributed by atoms with Crippen LogP contribution < -0.4 is 10.1 Å². The van der Waals surface area contributed by atoms with E-state index in [9.17, 15) is 9.18 Å². The van der Waals surface area contributed by atoms with Gasteiger partial charge in [0, 0.05) is 5.69 Å². The summed E-state index contributed by atoms with van der Waals surface area (Å²) in [6.07, 6.45) is 0. The lowest BCUT2D eigenvalue weighted by molar-refractivity contribution is -0.128. The molecule has 0 aliphatic carbocycles. The van der Waals surface area contributed by atoms with E-state index in [1.165, 1.54) is 24.3 Å². The zero-order chi connectivity index (χ0) is 15.5. The van der Waals surface area contributed by atoms with Crippen molar-refractivity contribution >= 4 is 11.6 Å². The average Bonchev–Trinajstić information content (AvgIpc) is 2.43. The van der Waals surface area contributed by atoms with E-state index in [-0.39, 0.29) is 11.7 Å². The number of hydrogen-bond donors (Lipinski definition) is 1. The number of rotatable bonds is 4. The van der Waals surface area contributed by atoms with Crippen molar-refractivity contribution in [2.75, 3.05) is 5.32 Å². The second kappa shape index (κ2) is 5.95. The monoisotopic (exact) mass is 287 g/mol. The Morgan fingerprint density at radius 1 is 1.05 bits per heavy atom. The zero-order valence-electron chi connectivity index (χ0n) is 12.3. The molecule has 0 aliphatic rings. The first-order chi connectivity index (χ1) is 9.87. The molecule has 0 spiro atoms. The molecule has 0 saturated heterocycles. The Kier molecular flexibility index (Phi) is 4.26. The number of halogens is 1. The molecule has 4 heteroatoms. The largest absolute Gasteiger partial charge is 0.478 e. The molecular formula is C17H18FNO2. The molecular weight excluding hydrogens is 269 g/mol. The molecule has 21 heavy (non-hydrogen) atoms. The highest BCUT2D eigenvalue weighted by Crippen LogP contribution is 2.20. The highest BCUT2D eigenvalue weighted by Gasteiger charge is 2.30. The summed E-state index contributed by atoms with van der Waals surface area (Å²) < 4.78 is 18.5. The van der Waals surface area contributed by atoms with Crippen molar-refractivity contribution in [1.82, 2.24) is 0 Å². The minimum Gasteiger partial charge on any atom is -0.478 e. The van der Waals surface area contributed by atoms with Gasteiger partial charge in [0.25, 0.3) is 5.91 Å². The number of aryl methyl sites for hydroxylation is 1. The molecule has 0 fully saturated rings. The minimum absolute atomic E-state index is 0.268. The Bertz CT molecular complexity index is 618. The topological polar surface area (TPSA) is 38.3 Å². The van der Waals surface area contributed by atoms with Gasteiger partial charge < -0.3 is 10.1 Å². The molecule has 0 radical (unpaired) electrons. The molecule has 0 aliphatic heterocycles. The van der Waals surface area contributed by atoms with Gasteiger partial charge in [-0.2, -0.15) is 0 Å². The molecule has 2 aromatic rings. The molecule has 1 amide bonds. The van der Waals surface area contributed by atoms with E-state index in [4.69, 9.17) is 4.74 Å². The number of nitrogens with one attached hydrogen (secondary N) is 1. The maximum Gasteiger partial charge on any atom is 0.267 e. The smallest absolute Gasteiger partial charge is 0.267 e. The van der Waals surface area contributed by atoms with E-state index in [1.807, 2.05) is 31.2 Å². The van der Waals surface area contributed by atoms with Crippen LogP contribution in [0.1, 0.15) is 19.4 Å². The minimum atomic E-state index is -1.07. The first-order valence-electron chi connectivity index (χ1n) is 6.69. The highest BCUT2D eigenvalue weighted by atomic mass is 19.1. The second-order valence-electron chi connectivity index (χ2n) is 5.39. The Labute approximate surface area is 123 Å². The van der Waals surface area contributed by atoms with Crippen LogP contribution in [0.15, 0.2) is 48.5 Å². The van der Waals surface area contributed by atoms with Gasteiger partial charge in [0.2, 0.25) is 0 Å². The Morgan fingerprint density at radius 3 is 2.19 bits per heavy atom. The van der Waals surface area contributed by atoms with Crippen molar-refractivity contribution in [3.05, 3.63) is 59.9 Å². The predicted octanol–water partition coefficient (Wildman–Crippen LogP) is 3.93. The molecule has 0 aromatic heterocycles. The molecule has 0 unspecified atom stereocenters. The number of carbonyl (C=O) groups is 1. The maximum atomic E-state index is 12.9. The lowest BCUT2D eigenvalue weighted by atomic mass is 10.1. The van der Waals surface area contributed by atoms with Gasteiger partial charge in [0.1, 0.15) is 11.6 Å². The molecule has 0 bridgehead atoms. The molecule has 3 nitrogen and oxygen atoms in total. The Hall–Kier alpha value is -2.36. The summed E-state index contributed by atoms with van der Waals surface area (Å²) >= 11 is 0. The van der Waals surface area contributed by atoms with E-state index in [0.29, 0.717) is 11.4 Å². The summed E-state index contributed by atoms with van der Waals surface area (Å²) in [6, 6.07) is 13.1. The van der Waals surface area contributed by atoms with Crippen LogP contribution in [0.3, 0.4) is 0 Å². The third kappa shape index (κ3) is 4.05. The van der Waals surface area contributed by atoms with Crippen LogP contribution in [0.25, 0.3) is 0 Å². The standard InChI is InChI=1S/C17H18FNO2/c1-12-4-8-14(9-5-12)19-16(20)17(2,3)21-15-10-6-13(18)7-11-15/h4-11H,1-3H3,(H,19,20). The van der Waals surface area contributed by atoms with Crippen molar-refractivity contribution in [2.24, 2.45) is 0 Å². The average molecular weight is 287 g/mol. The van der Waals surface area contributed by atoms with Crippen LogP contribution in [0.4, 0.5) is 10.1 Å². The lowest BCUT2D eigenvalue weighted by Gasteiger charge is -2.25. The van der Waals surface area contributed by atoms with Crippen LogP contribution in [0, 0.1) is 12.7 Å². The fourth-order valence-electron chi connectivity index (χ4n) is 1.76. The predicted molar refractivity (Wildman–Crippen MR) is 80.9 cm³/mol. The van der Waals surface area contributed by atoms with E-state index in [1.54, 1.807) is 13.8 Å². The van der Waals surface area contributed by atoms with E-state index in [0.717, 1.165) is 5.56 Å². The van der Waals surface area contributed by atoms with Crippen LogP contribution in [-0.2, 0) is 4.79 Å². The molecule has 0 heterocycles. The summed E-state index contributed by atoms with van der Waals surface area (Å²) in [5.41, 5.74) is 0.763. The summed E-state index contributed by atoms with van der Waals surface area (Å²) in [6.45, 7) is 5.31. The van der Waals surface area contributed by atoms with Gasteiger partial charge in [-0.1, -0.05) is 17.7 Å². The number of ether oxygens (including phenoxy) is 1. The van der Waals surface area contributed by atoms with E-state index >= 15 is 0 Å². The van der Waals surface area contributed by atoms with E-state index < -0.39 is 5.60 Å². The summed E-state index contributed by atoms with van der Waals surface area (Å²) in [5, 5.41) is 2.80. The van der Waals surface area contributed by atoms with Gasteiger partial charge in [-0.3, -0.25) is 4.79 Å². The first kappa shape index (κ1) is 15.0. The van der Waals surface area contributed by atoms with Crippen molar-refractivity contribution in [1.29, 1.82) is 0 Å². The fourth-order valence-corrected chi connectivity index (χ4v) is 1.76. The number of hydrogen-bond acceptors (Lipinski definition) is 2. The maximum absolute atomic E-state index is 12.9. The fraction of sp³-hybridized carbons (Fsp3) is 0.235. The van der Waals surface area contributed by atoms with Gasteiger partial charge in [0.05, 0.1) is 0 Å². The number of benzene rings is 2. The summed E-state index contributed by atoms with van der Waals surface area (Å²) in [7, 11) is 0.